The van der Waals surface area contributed by atoms with E-state index in [9.17, 15) is 5.11 Å². The van der Waals surface area contributed by atoms with Crippen LogP contribution in [-0.4, -0.2) is 11.7 Å². The first-order valence-corrected chi connectivity index (χ1v) is 5.66. The molecule has 1 fully saturated rings. The Kier molecular flexibility index (Phi) is 2.38. The molecule has 0 amide bonds. The summed E-state index contributed by atoms with van der Waals surface area (Å²) in [4.78, 5) is 0. The van der Waals surface area contributed by atoms with Crippen LogP contribution in [0, 0.1) is 12.3 Å². The molecule has 1 aromatic carbocycles. The van der Waals surface area contributed by atoms with E-state index in [1.54, 1.807) is 0 Å². The van der Waals surface area contributed by atoms with E-state index in [0.29, 0.717) is 6.61 Å². The first-order chi connectivity index (χ1) is 6.97. The third-order valence-corrected chi connectivity index (χ3v) is 3.73. The molecule has 1 saturated carbocycles. The van der Waals surface area contributed by atoms with Crippen molar-refractivity contribution in [3.8, 4) is 0 Å². The fourth-order valence-electron chi connectivity index (χ4n) is 3.17. The largest absolute Gasteiger partial charge is 0.396 e. The van der Waals surface area contributed by atoms with E-state index in [1.807, 2.05) is 0 Å². The molecule has 2 rings (SSSR count). The molecule has 0 heterocycles. The van der Waals surface area contributed by atoms with Gasteiger partial charge in [-0.1, -0.05) is 43.7 Å². The molecule has 82 valence electrons. The molecule has 15 heavy (non-hydrogen) atoms. The van der Waals surface area contributed by atoms with Crippen LogP contribution in [0.4, 0.5) is 0 Å². The number of hydrogen-bond donors (Lipinski definition) is 1. The Hall–Kier alpha value is -0.820. The Balaban J connectivity index is 2.20. The molecule has 0 bridgehead atoms. The highest BCUT2D eigenvalue weighted by molar-refractivity contribution is 5.32. The van der Waals surface area contributed by atoms with Crippen LogP contribution in [0.25, 0.3) is 0 Å². The summed E-state index contributed by atoms with van der Waals surface area (Å²) in [6.07, 6.45) is 2.19. The van der Waals surface area contributed by atoms with Crippen molar-refractivity contribution in [3.05, 3.63) is 35.4 Å². The lowest BCUT2D eigenvalue weighted by Gasteiger charge is -2.53. The summed E-state index contributed by atoms with van der Waals surface area (Å²) in [6.45, 7) is 6.93. The zero-order valence-electron chi connectivity index (χ0n) is 9.88. The fourth-order valence-corrected chi connectivity index (χ4v) is 3.17. The molecule has 1 aliphatic carbocycles. The normalized spacial score (nSPS) is 34.9. The SMILES string of the molecule is Cc1cccc(C2(C)CC(C)(CO)C2)c1. The van der Waals surface area contributed by atoms with Gasteiger partial charge in [-0.15, -0.1) is 0 Å². The van der Waals surface area contributed by atoms with E-state index in [4.69, 9.17) is 0 Å². The maximum absolute atomic E-state index is 9.28. The molecule has 1 nitrogen and oxygen atoms in total. The van der Waals surface area contributed by atoms with Gasteiger partial charge in [0.1, 0.15) is 0 Å². The second-order valence-corrected chi connectivity index (χ2v) is 5.75. The van der Waals surface area contributed by atoms with Gasteiger partial charge in [-0.05, 0) is 36.2 Å². The minimum atomic E-state index is 0.151. The predicted molar refractivity (Wildman–Crippen MR) is 63.0 cm³/mol. The maximum Gasteiger partial charge on any atom is 0.0485 e. The van der Waals surface area contributed by atoms with Gasteiger partial charge in [0.2, 0.25) is 0 Å². The lowest BCUT2D eigenvalue weighted by Crippen LogP contribution is -2.48. The minimum absolute atomic E-state index is 0.151. The van der Waals surface area contributed by atoms with E-state index in [-0.39, 0.29) is 10.8 Å². The highest BCUT2D eigenvalue weighted by Gasteiger charge is 2.49. The summed E-state index contributed by atoms with van der Waals surface area (Å²) in [5, 5.41) is 9.28. The monoisotopic (exact) mass is 204 g/mol. The van der Waals surface area contributed by atoms with E-state index in [1.165, 1.54) is 11.1 Å². The Bertz CT molecular complexity index is 361. The summed E-state index contributed by atoms with van der Waals surface area (Å²) in [6, 6.07) is 8.75. The third kappa shape index (κ3) is 1.81. The Morgan fingerprint density at radius 3 is 2.47 bits per heavy atom. The highest BCUT2D eigenvalue weighted by Crippen LogP contribution is 2.55. The standard InChI is InChI=1S/C14H20O/c1-11-5-4-6-12(7-11)14(3)8-13(2,9-14)10-15/h4-7,15H,8-10H2,1-3H3. The van der Waals surface area contributed by atoms with Gasteiger partial charge >= 0.3 is 0 Å². The molecule has 1 aliphatic rings. The van der Waals surface area contributed by atoms with Gasteiger partial charge in [-0.25, -0.2) is 0 Å². The first kappa shape index (κ1) is 10.7. The molecular formula is C14H20O. The van der Waals surface area contributed by atoms with Crippen LogP contribution in [0.5, 0.6) is 0 Å². The van der Waals surface area contributed by atoms with E-state index >= 15 is 0 Å². The van der Waals surface area contributed by atoms with Crippen LogP contribution >= 0.6 is 0 Å². The number of aliphatic hydroxyl groups excluding tert-OH is 1. The Labute approximate surface area is 92.1 Å². The topological polar surface area (TPSA) is 20.2 Å². The molecule has 0 unspecified atom stereocenters. The van der Waals surface area contributed by atoms with E-state index in [2.05, 4.69) is 45.0 Å². The predicted octanol–water partition coefficient (Wildman–Crippen LogP) is 3.05. The molecule has 0 aliphatic heterocycles. The van der Waals surface area contributed by atoms with E-state index < -0.39 is 0 Å². The van der Waals surface area contributed by atoms with Crippen molar-refractivity contribution in [2.45, 2.75) is 39.0 Å². The summed E-state index contributed by atoms with van der Waals surface area (Å²) in [5.74, 6) is 0. The van der Waals surface area contributed by atoms with Crippen LogP contribution in [0.2, 0.25) is 0 Å². The van der Waals surface area contributed by atoms with Gasteiger partial charge in [0.25, 0.3) is 0 Å². The summed E-state index contributed by atoms with van der Waals surface area (Å²) in [7, 11) is 0. The number of hydrogen-bond acceptors (Lipinski definition) is 1. The second-order valence-electron chi connectivity index (χ2n) is 5.75. The number of rotatable bonds is 2. The second kappa shape index (κ2) is 3.34. The van der Waals surface area contributed by atoms with Crippen LogP contribution in [0.1, 0.15) is 37.8 Å². The smallest absolute Gasteiger partial charge is 0.0485 e. The number of benzene rings is 1. The van der Waals surface area contributed by atoms with Gasteiger partial charge in [0.15, 0.2) is 0 Å². The van der Waals surface area contributed by atoms with Gasteiger partial charge < -0.3 is 5.11 Å². The van der Waals surface area contributed by atoms with Crippen molar-refractivity contribution in [2.24, 2.45) is 5.41 Å². The summed E-state index contributed by atoms with van der Waals surface area (Å²) < 4.78 is 0. The molecule has 0 spiro atoms. The van der Waals surface area contributed by atoms with Crippen molar-refractivity contribution >= 4 is 0 Å². The fraction of sp³-hybridized carbons (Fsp3) is 0.571. The summed E-state index contributed by atoms with van der Waals surface area (Å²) >= 11 is 0. The number of aliphatic hydroxyl groups is 1. The Morgan fingerprint density at radius 1 is 1.27 bits per heavy atom. The molecule has 1 heteroatoms. The highest BCUT2D eigenvalue weighted by atomic mass is 16.3. The maximum atomic E-state index is 9.28. The van der Waals surface area contributed by atoms with Crippen molar-refractivity contribution in [3.63, 3.8) is 0 Å². The zero-order valence-corrected chi connectivity index (χ0v) is 9.88. The van der Waals surface area contributed by atoms with Crippen LogP contribution in [0.15, 0.2) is 24.3 Å². The minimum Gasteiger partial charge on any atom is -0.396 e. The number of aryl methyl sites for hydroxylation is 1. The quantitative estimate of drug-likeness (QED) is 0.785. The third-order valence-electron chi connectivity index (χ3n) is 3.73. The average molecular weight is 204 g/mol. The average Bonchev–Trinajstić information content (AvgIpc) is 2.15. The van der Waals surface area contributed by atoms with Gasteiger partial charge in [-0.2, -0.15) is 0 Å². The summed E-state index contributed by atoms with van der Waals surface area (Å²) in [5.41, 5.74) is 3.18. The van der Waals surface area contributed by atoms with Crippen LogP contribution in [0.3, 0.4) is 0 Å². The van der Waals surface area contributed by atoms with Crippen molar-refractivity contribution < 1.29 is 5.11 Å². The van der Waals surface area contributed by atoms with Crippen molar-refractivity contribution in [2.75, 3.05) is 6.61 Å². The molecule has 0 aromatic heterocycles. The zero-order chi connectivity index (χ0) is 11.1. The van der Waals surface area contributed by atoms with Gasteiger partial charge in [-0.3, -0.25) is 0 Å². The van der Waals surface area contributed by atoms with Crippen LogP contribution < -0.4 is 0 Å². The van der Waals surface area contributed by atoms with Gasteiger partial charge in [0, 0.05) is 6.61 Å². The Morgan fingerprint density at radius 2 is 1.93 bits per heavy atom. The first-order valence-electron chi connectivity index (χ1n) is 5.66. The molecule has 0 saturated heterocycles. The molecule has 1 aromatic rings. The molecule has 1 N–H and O–H groups in total. The molecule has 0 radical (unpaired) electrons. The lowest BCUT2D eigenvalue weighted by atomic mass is 9.52. The lowest BCUT2D eigenvalue weighted by molar-refractivity contribution is -0.00425. The van der Waals surface area contributed by atoms with Crippen molar-refractivity contribution in [1.82, 2.24) is 0 Å². The van der Waals surface area contributed by atoms with Crippen molar-refractivity contribution in [1.29, 1.82) is 0 Å². The van der Waals surface area contributed by atoms with Gasteiger partial charge in [0.05, 0.1) is 0 Å². The van der Waals surface area contributed by atoms with Crippen LogP contribution in [-0.2, 0) is 5.41 Å². The molecular weight excluding hydrogens is 184 g/mol. The molecule has 0 atom stereocenters. The van der Waals surface area contributed by atoms with E-state index in [0.717, 1.165) is 12.8 Å².